The van der Waals surface area contributed by atoms with Gasteiger partial charge < -0.3 is 15.0 Å². The standard InChI is InChI=1S/C17H22ClN3O2S/c1-17(2,3)23-16(22)21-8-4-5-11(9-21)20-15-14-12(18)10-24-13(14)6-7-19-15/h6-7,10-11H,4-5,8-9H2,1-3H3,(H,19,20)/t11-/m1/s1. The van der Waals surface area contributed by atoms with Crippen LogP contribution in [0, 0.1) is 0 Å². The number of rotatable bonds is 2. The molecule has 1 atom stereocenters. The molecular weight excluding hydrogens is 346 g/mol. The van der Waals surface area contributed by atoms with Gasteiger partial charge in [-0.3, -0.25) is 0 Å². The maximum Gasteiger partial charge on any atom is 0.410 e. The van der Waals surface area contributed by atoms with E-state index >= 15 is 0 Å². The Kier molecular flexibility index (Phi) is 4.88. The van der Waals surface area contributed by atoms with Crippen molar-refractivity contribution in [2.24, 2.45) is 0 Å². The van der Waals surface area contributed by atoms with E-state index in [0.717, 1.165) is 35.3 Å². The molecule has 0 spiro atoms. The van der Waals surface area contributed by atoms with E-state index in [1.54, 1.807) is 22.4 Å². The Bertz CT molecular complexity index is 741. The Balaban J connectivity index is 1.71. The topological polar surface area (TPSA) is 54.5 Å². The third-order valence-electron chi connectivity index (χ3n) is 3.85. The number of anilines is 1. The number of fused-ring (bicyclic) bond motifs is 1. The first kappa shape index (κ1) is 17.3. The van der Waals surface area contributed by atoms with Crippen LogP contribution < -0.4 is 5.32 Å². The summed E-state index contributed by atoms with van der Waals surface area (Å²) < 4.78 is 6.59. The van der Waals surface area contributed by atoms with Crippen LogP contribution in [0.3, 0.4) is 0 Å². The largest absolute Gasteiger partial charge is 0.444 e. The highest BCUT2D eigenvalue weighted by Gasteiger charge is 2.28. The molecule has 0 bridgehead atoms. The number of ether oxygens (including phenoxy) is 1. The highest BCUT2D eigenvalue weighted by atomic mass is 35.5. The van der Waals surface area contributed by atoms with Crippen LogP contribution in [0.1, 0.15) is 33.6 Å². The van der Waals surface area contributed by atoms with Crippen molar-refractivity contribution in [2.45, 2.75) is 45.3 Å². The van der Waals surface area contributed by atoms with Crippen molar-refractivity contribution in [2.75, 3.05) is 18.4 Å². The number of hydrogen-bond donors (Lipinski definition) is 1. The van der Waals surface area contributed by atoms with Crippen LogP contribution >= 0.6 is 22.9 Å². The predicted molar refractivity (Wildman–Crippen MR) is 99.1 cm³/mol. The molecule has 1 saturated heterocycles. The second-order valence-corrected chi connectivity index (χ2v) is 8.34. The molecule has 1 amide bonds. The number of hydrogen-bond acceptors (Lipinski definition) is 5. The first-order valence-corrected chi connectivity index (χ1v) is 9.35. The molecule has 2 aromatic rings. The first-order valence-electron chi connectivity index (χ1n) is 8.09. The molecule has 0 radical (unpaired) electrons. The van der Waals surface area contributed by atoms with Gasteiger partial charge in [-0.25, -0.2) is 9.78 Å². The Morgan fingerprint density at radius 1 is 1.50 bits per heavy atom. The number of thiophene rings is 1. The summed E-state index contributed by atoms with van der Waals surface area (Å²) in [4.78, 5) is 18.5. The molecule has 0 aromatic carbocycles. The fraction of sp³-hybridized carbons (Fsp3) is 0.529. The minimum atomic E-state index is -0.477. The molecule has 3 rings (SSSR count). The number of halogens is 1. The first-order chi connectivity index (χ1) is 11.3. The SMILES string of the molecule is CC(C)(C)OC(=O)N1CCC[C@@H](Nc2nccc3scc(Cl)c23)C1. The Morgan fingerprint density at radius 2 is 2.29 bits per heavy atom. The third-order valence-corrected chi connectivity index (χ3v) is 5.23. The second kappa shape index (κ2) is 6.76. The van der Waals surface area contributed by atoms with Crippen LogP contribution in [0.5, 0.6) is 0 Å². The van der Waals surface area contributed by atoms with E-state index in [1.165, 1.54) is 0 Å². The Hall–Kier alpha value is -1.53. The van der Waals surface area contributed by atoms with Crippen molar-refractivity contribution >= 4 is 44.9 Å². The summed E-state index contributed by atoms with van der Waals surface area (Å²) in [7, 11) is 0. The molecule has 7 heteroatoms. The number of nitrogens with zero attached hydrogens (tertiary/aromatic N) is 2. The Labute approximate surface area is 151 Å². The van der Waals surface area contributed by atoms with Gasteiger partial charge in [-0.1, -0.05) is 11.6 Å². The summed E-state index contributed by atoms with van der Waals surface area (Å²) in [6.45, 7) is 6.98. The molecule has 1 N–H and O–H groups in total. The second-order valence-electron chi connectivity index (χ2n) is 7.03. The molecule has 0 unspecified atom stereocenters. The van der Waals surface area contributed by atoms with Crippen molar-refractivity contribution in [3.8, 4) is 0 Å². The van der Waals surface area contributed by atoms with E-state index in [2.05, 4.69) is 10.3 Å². The van der Waals surface area contributed by atoms with Crippen LogP contribution in [0.2, 0.25) is 5.02 Å². The molecule has 0 aliphatic carbocycles. The Morgan fingerprint density at radius 3 is 3.04 bits per heavy atom. The molecule has 1 aliphatic rings. The van der Waals surface area contributed by atoms with Crippen LogP contribution in [0.15, 0.2) is 17.6 Å². The zero-order chi connectivity index (χ0) is 17.3. The number of likely N-dealkylation sites (tertiary alicyclic amines) is 1. The van der Waals surface area contributed by atoms with Crippen molar-refractivity contribution in [3.05, 3.63) is 22.7 Å². The minimum Gasteiger partial charge on any atom is -0.444 e. The van der Waals surface area contributed by atoms with E-state index in [4.69, 9.17) is 16.3 Å². The molecule has 5 nitrogen and oxygen atoms in total. The lowest BCUT2D eigenvalue weighted by molar-refractivity contribution is 0.0206. The molecule has 24 heavy (non-hydrogen) atoms. The van der Waals surface area contributed by atoms with Crippen LogP contribution in [-0.2, 0) is 4.74 Å². The van der Waals surface area contributed by atoms with Crippen molar-refractivity contribution in [1.29, 1.82) is 0 Å². The molecule has 3 heterocycles. The normalized spacial score (nSPS) is 18.7. The van der Waals surface area contributed by atoms with E-state index in [-0.39, 0.29) is 12.1 Å². The average molecular weight is 368 g/mol. The summed E-state index contributed by atoms with van der Waals surface area (Å²) in [5.74, 6) is 0.787. The highest BCUT2D eigenvalue weighted by Crippen LogP contribution is 2.34. The van der Waals surface area contributed by atoms with Gasteiger partial charge in [-0.2, -0.15) is 0 Å². The van der Waals surface area contributed by atoms with Crippen LogP contribution in [0.25, 0.3) is 10.1 Å². The number of aromatic nitrogens is 1. The molecule has 2 aromatic heterocycles. The van der Waals surface area contributed by atoms with Gasteiger partial charge >= 0.3 is 6.09 Å². The monoisotopic (exact) mass is 367 g/mol. The molecule has 1 aliphatic heterocycles. The van der Waals surface area contributed by atoms with Gasteiger partial charge in [0.05, 0.1) is 10.4 Å². The number of piperidine rings is 1. The minimum absolute atomic E-state index is 0.139. The maximum absolute atomic E-state index is 12.3. The van der Waals surface area contributed by atoms with E-state index < -0.39 is 5.60 Å². The van der Waals surface area contributed by atoms with E-state index in [9.17, 15) is 4.79 Å². The molecule has 0 saturated carbocycles. The predicted octanol–water partition coefficient (Wildman–Crippen LogP) is 4.76. The third kappa shape index (κ3) is 3.92. The van der Waals surface area contributed by atoms with Crippen LogP contribution in [-0.4, -0.2) is 40.7 Å². The van der Waals surface area contributed by atoms with Gasteiger partial charge in [0.2, 0.25) is 0 Å². The number of nitrogens with one attached hydrogen (secondary N) is 1. The summed E-state index contributed by atoms with van der Waals surface area (Å²) in [5.41, 5.74) is -0.477. The number of carbonyl (C=O) groups is 1. The number of pyridine rings is 1. The van der Waals surface area contributed by atoms with Gasteiger partial charge in [-0.15, -0.1) is 11.3 Å². The summed E-state index contributed by atoms with van der Waals surface area (Å²) in [6, 6.07) is 2.10. The fourth-order valence-corrected chi connectivity index (χ4v) is 4.03. The highest BCUT2D eigenvalue weighted by molar-refractivity contribution is 7.18. The lowest BCUT2D eigenvalue weighted by atomic mass is 10.1. The van der Waals surface area contributed by atoms with Gasteiger partial charge in [0, 0.05) is 35.4 Å². The van der Waals surface area contributed by atoms with Crippen molar-refractivity contribution < 1.29 is 9.53 Å². The molecule has 1 fully saturated rings. The van der Waals surface area contributed by atoms with Gasteiger partial charge in [0.1, 0.15) is 11.4 Å². The van der Waals surface area contributed by atoms with E-state index in [1.807, 2.05) is 32.2 Å². The maximum atomic E-state index is 12.3. The van der Waals surface area contributed by atoms with Gasteiger partial charge in [-0.05, 0) is 39.7 Å². The summed E-state index contributed by atoms with van der Waals surface area (Å²) >= 11 is 7.90. The van der Waals surface area contributed by atoms with Gasteiger partial charge in [0.25, 0.3) is 0 Å². The lowest BCUT2D eigenvalue weighted by Crippen LogP contribution is -2.47. The summed E-state index contributed by atoms with van der Waals surface area (Å²) in [6.07, 6.45) is 3.45. The molecular formula is C17H22ClN3O2S. The number of carbonyl (C=O) groups excluding carboxylic acids is 1. The van der Waals surface area contributed by atoms with Gasteiger partial charge in [0.15, 0.2) is 0 Å². The zero-order valence-corrected chi connectivity index (χ0v) is 15.7. The quantitative estimate of drug-likeness (QED) is 0.831. The van der Waals surface area contributed by atoms with Crippen molar-refractivity contribution in [3.63, 3.8) is 0 Å². The molecule has 130 valence electrons. The fourth-order valence-electron chi connectivity index (χ4n) is 2.84. The lowest BCUT2D eigenvalue weighted by Gasteiger charge is -2.34. The smallest absolute Gasteiger partial charge is 0.410 e. The number of amides is 1. The van der Waals surface area contributed by atoms with Crippen LogP contribution in [0.4, 0.5) is 10.6 Å². The van der Waals surface area contributed by atoms with Crippen molar-refractivity contribution in [1.82, 2.24) is 9.88 Å². The summed E-state index contributed by atoms with van der Waals surface area (Å²) in [5, 5.41) is 7.05. The zero-order valence-electron chi connectivity index (χ0n) is 14.1. The average Bonchev–Trinajstić information content (AvgIpc) is 2.88. The van der Waals surface area contributed by atoms with E-state index in [0.29, 0.717) is 11.6 Å².